The lowest BCUT2D eigenvalue weighted by molar-refractivity contribution is -0.118. The first kappa shape index (κ1) is 14.4. The zero-order chi connectivity index (χ0) is 14.2. The van der Waals surface area contributed by atoms with Crippen LogP contribution in [0.5, 0.6) is 5.75 Å². The Labute approximate surface area is 118 Å². The average Bonchev–Trinajstić information content (AvgIpc) is 2.74. The molecule has 1 amide bonds. The second-order valence-corrected chi connectivity index (χ2v) is 4.82. The van der Waals surface area contributed by atoms with E-state index in [1.807, 2.05) is 12.1 Å². The minimum Gasteiger partial charge on any atom is -0.479 e. The summed E-state index contributed by atoms with van der Waals surface area (Å²) in [5, 5.41) is 14.6. The molecule has 106 valence electrons. The highest BCUT2D eigenvalue weighted by atomic mass is 16.5. The summed E-state index contributed by atoms with van der Waals surface area (Å²) < 4.78 is 5.21. The van der Waals surface area contributed by atoms with Gasteiger partial charge in [0.05, 0.1) is 6.04 Å². The number of hydrogen-bond donors (Lipinski definition) is 2. The first-order chi connectivity index (χ1) is 9.79. The van der Waals surface area contributed by atoms with E-state index in [4.69, 9.17) is 10.00 Å². The number of anilines is 1. The highest BCUT2D eigenvalue weighted by molar-refractivity contribution is 5.95. The van der Waals surface area contributed by atoms with Crippen molar-refractivity contribution < 1.29 is 9.53 Å². The summed E-state index contributed by atoms with van der Waals surface area (Å²) in [6.45, 7) is 0.894. The van der Waals surface area contributed by atoms with E-state index in [9.17, 15) is 4.79 Å². The molecule has 1 aromatic carbocycles. The van der Waals surface area contributed by atoms with Crippen molar-refractivity contribution in [1.29, 1.82) is 5.26 Å². The monoisotopic (exact) mass is 273 g/mol. The Kier molecular flexibility index (Phi) is 5.39. The number of amides is 1. The summed E-state index contributed by atoms with van der Waals surface area (Å²) in [5.74, 6) is 0.572. The number of hydrogen-bond acceptors (Lipinski definition) is 4. The summed E-state index contributed by atoms with van der Waals surface area (Å²) in [6, 6.07) is 8.89. The number of nitriles is 1. The maximum Gasteiger partial charge on any atom is 0.241 e. The molecule has 1 heterocycles. The summed E-state index contributed by atoms with van der Waals surface area (Å²) in [5.41, 5.74) is 0.691. The van der Waals surface area contributed by atoms with Gasteiger partial charge in [-0.1, -0.05) is 18.9 Å². The van der Waals surface area contributed by atoms with Gasteiger partial charge < -0.3 is 15.4 Å². The SMILES string of the molecule is N#CCOc1cccc(NC(=O)C2CCCCCN2)c1. The van der Waals surface area contributed by atoms with Gasteiger partial charge in [0.1, 0.15) is 11.8 Å². The Bertz CT molecular complexity index is 488. The van der Waals surface area contributed by atoms with E-state index in [0.29, 0.717) is 11.4 Å². The van der Waals surface area contributed by atoms with Crippen molar-refractivity contribution in [2.45, 2.75) is 31.7 Å². The fraction of sp³-hybridized carbons (Fsp3) is 0.467. The van der Waals surface area contributed by atoms with Crippen molar-refractivity contribution in [3.63, 3.8) is 0 Å². The van der Waals surface area contributed by atoms with Gasteiger partial charge in [-0.25, -0.2) is 0 Å². The van der Waals surface area contributed by atoms with E-state index in [1.54, 1.807) is 18.2 Å². The van der Waals surface area contributed by atoms with Crippen molar-refractivity contribution in [2.75, 3.05) is 18.5 Å². The van der Waals surface area contributed by atoms with Crippen molar-refractivity contribution in [3.8, 4) is 11.8 Å². The van der Waals surface area contributed by atoms with Crippen molar-refractivity contribution in [1.82, 2.24) is 5.32 Å². The molecule has 0 aliphatic carbocycles. The van der Waals surface area contributed by atoms with Gasteiger partial charge in [0, 0.05) is 11.8 Å². The summed E-state index contributed by atoms with van der Waals surface area (Å²) in [4.78, 5) is 12.2. The Morgan fingerprint density at radius 3 is 3.20 bits per heavy atom. The molecule has 0 saturated carbocycles. The molecule has 1 saturated heterocycles. The largest absolute Gasteiger partial charge is 0.479 e. The molecule has 0 bridgehead atoms. The molecule has 2 rings (SSSR count). The van der Waals surface area contributed by atoms with Crippen LogP contribution in [0, 0.1) is 11.3 Å². The van der Waals surface area contributed by atoms with Crippen molar-refractivity contribution in [3.05, 3.63) is 24.3 Å². The van der Waals surface area contributed by atoms with Gasteiger partial charge in [0.2, 0.25) is 5.91 Å². The topological polar surface area (TPSA) is 74.1 Å². The molecule has 0 spiro atoms. The van der Waals surface area contributed by atoms with Crippen LogP contribution in [-0.2, 0) is 4.79 Å². The number of carbonyl (C=O) groups is 1. The third-order valence-corrected chi connectivity index (χ3v) is 3.28. The molecule has 1 aromatic rings. The third-order valence-electron chi connectivity index (χ3n) is 3.28. The Hall–Kier alpha value is -2.06. The number of benzene rings is 1. The van der Waals surface area contributed by atoms with Crippen molar-refractivity contribution in [2.24, 2.45) is 0 Å². The van der Waals surface area contributed by atoms with Crippen LogP contribution in [0.4, 0.5) is 5.69 Å². The molecule has 1 unspecified atom stereocenters. The molecule has 5 nitrogen and oxygen atoms in total. The van der Waals surface area contributed by atoms with Crippen LogP contribution in [-0.4, -0.2) is 25.1 Å². The summed E-state index contributed by atoms with van der Waals surface area (Å²) in [6.07, 6.45) is 4.25. The molecule has 1 fully saturated rings. The lowest BCUT2D eigenvalue weighted by atomic mass is 10.1. The summed E-state index contributed by atoms with van der Waals surface area (Å²) in [7, 11) is 0. The molecular weight excluding hydrogens is 254 g/mol. The number of nitrogens with one attached hydrogen (secondary N) is 2. The molecule has 0 radical (unpaired) electrons. The summed E-state index contributed by atoms with van der Waals surface area (Å²) >= 11 is 0. The Morgan fingerprint density at radius 2 is 2.35 bits per heavy atom. The predicted octanol–water partition coefficient (Wildman–Crippen LogP) is 2.06. The zero-order valence-corrected chi connectivity index (χ0v) is 11.4. The predicted molar refractivity (Wildman–Crippen MR) is 76.4 cm³/mol. The van der Waals surface area contributed by atoms with Gasteiger partial charge in [-0.05, 0) is 31.5 Å². The van der Waals surface area contributed by atoms with E-state index in [0.717, 1.165) is 25.8 Å². The number of rotatable bonds is 4. The Balaban J connectivity index is 1.94. The van der Waals surface area contributed by atoms with E-state index >= 15 is 0 Å². The molecule has 1 aliphatic rings. The average molecular weight is 273 g/mol. The van der Waals surface area contributed by atoms with Gasteiger partial charge in [0.15, 0.2) is 6.61 Å². The molecule has 1 atom stereocenters. The van der Waals surface area contributed by atoms with Crippen LogP contribution < -0.4 is 15.4 Å². The van der Waals surface area contributed by atoms with Crippen LogP contribution in [0.2, 0.25) is 0 Å². The highest BCUT2D eigenvalue weighted by Gasteiger charge is 2.19. The second-order valence-electron chi connectivity index (χ2n) is 4.82. The molecule has 2 N–H and O–H groups in total. The molecule has 5 heteroatoms. The lowest BCUT2D eigenvalue weighted by Crippen LogP contribution is -2.39. The van der Waals surface area contributed by atoms with Crippen LogP contribution in [0.15, 0.2) is 24.3 Å². The maximum atomic E-state index is 12.2. The number of carbonyl (C=O) groups excluding carboxylic acids is 1. The smallest absolute Gasteiger partial charge is 0.241 e. The first-order valence-corrected chi connectivity index (χ1v) is 6.93. The first-order valence-electron chi connectivity index (χ1n) is 6.93. The number of ether oxygens (including phenoxy) is 1. The van der Waals surface area contributed by atoms with E-state index in [1.165, 1.54) is 6.42 Å². The molecule has 0 aromatic heterocycles. The minimum absolute atomic E-state index is 0.00157. The maximum absolute atomic E-state index is 12.2. The van der Waals surface area contributed by atoms with E-state index < -0.39 is 0 Å². The minimum atomic E-state index is -0.124. The van der Waals surface area contributed by atoms with E-state index in [-0.39, 0.29) is 18.6 Å². The Morgan fingerprint density at radius 1 is 1.45 bits per heavy atom. The third kappa shape index (κ3) is 4.25. The van der Waals surface area contributed by atoms with Crippen LogP contribution >= 0.6 is 0 Å². The van der Waals surface area contributed by atoms with Gasteiger partial charge in [-0.2, -0.15) is 5.26 Å². The highest BCUT2D eigenvalue weighted by Crippen LogP contribution is 2.18. The second kappa shape index (κ2) is 7.51. The molecular formula is C15H19N3O2. The van der Waals surface area contributed by atoms with Crippen LogP contribution in [0.1, 0.15) is 25.7 Å². The van der Waals surface area contributed by atoms with Crippen LogP contribution in [0.25, 0.3) is 0 Å². The van der Waals surface area contributed by atoms with Gasteiger partial charge in [0.25, 0.3) is 0 Å². The normalized spacial score (nSPS) is 18.6. The lowest BCUT2D eigenvalue weighted by Gasteiger charge is -2.15. The fourth-order valence-electron chi connectivity index (χ4n) is 2.26. The molecule has 20 heavy (non-hydrogen) atoms. The van der Waals surface area contributed by atoms with Gasteiger partial charge in [-0.3, -0.25) is 4.79 Å². The quantitative estimate of drug-likeness (QED) is 0.880. The standard InChI is InChI=1S/C15H19N3O2/c16-8-10-20-13-6-4-5-12(11-13)18-15(19)14-7-2-1-3-9-17-14/h4-6,11,14,17H,1-3,7,9-10H2,(H,18,19). The van der Waals surface area contributed by atoms with Gasteiger partial charge >= 0.3 is 0 Å². The fourth-order valence-corrected chi connectivity index (χ4v) is 2.26. The van der Waals surface area contributed by atoms with Crippen LogP contribution in [0.3, 0.4) is 0 Å². The van der Waals surface area contributed by atoms with Gasteiger partial charge in [-0.15, -0.1) is 0 Å². The van der Waals surface area contributed by atoms with Crippen molar-refractivity contribution >= 4 is 11.6 Å². The zero-order valence-electron chi connectivity index (χ0n) is 11.4. The molecule has 1 aliphatic heterocycles. The number of nitrogens with zero attached hydrogens (tertiary/aromatic N) is 1. The van der Waals surface area contributed by atoms with E-state index in [2.05, 4.69) is 10.6 Å².